The lowest BCUT2D eigenvalue weighted by molar-refractivity contribution is -0.0434. The molecule has 4 atom stereocenters. The van der Waals surface area contributed by atoms with Crippen LogP contribution in [0.1, 0.15) is 6.23 Å². The van der Waals surface area contributed by atoms with Crippen molar-refractivity contribution < 1.29 is 32.1 Å². The highest BCUT2D eigenvalue weighted by atomic mass is 35.5. The highest BCUT2D eigenvalue weighted by molar-refractivity contribution is 5.10. The second-order valence-corrected chi connectivity index (χ2v) is 3.82. The van der Waals surface area contributed by atoms with Crippen molar-refractivity contribution in [3.8, 4) is 6.01 Å². The van der Waals surface area contributed by atoms with E-state index < -0.39 is 24.5 Å². The highest BCUT2D eigenvalue weighted by Crippen LogP contribution is 2.38. The molecule has 1 fully saturated rings. The van der Waals surface area contributed by atoms with Crippen LogP contribution in [0, 0.1) is 5.41 Å². The topological polar surface area (TPSA) is 101 Å². The summed E-state index contributed by atoms with van der Waals surface area (Å²) in [5.74, 6) is 0. The van der Waals surface area contributed by atoms with Gasteiger partial charge in [-0.3, -0.25) is 9.98 Å². The van der Waals surface area contributed by atoms with Crippen molar-refractivity contribution >= 4 is 0 Å². The maximum atomic E-state index is 9.80. The number of halogens is 1. The summed E-state index contributed by atoms with van der Waals surface area (Å²) in [6.45, 7) is -0.253. The van der Waals surface area contributed by atoms with E-state index in [2.05, 4.69) is 4.98 Å². The van der Waals surface area contributed by atoms with Crippen molar-refractivity contribution in [2.75, 3.05) is 6.61 Å². The summed E-state index contributed by atoms with van der Waals surface area (Å²) in [6.07, 6.45) is -0.930. The van der Waals surface area contributed by atoms with Gasteiger partial charge in [0.1, 0.15) is 12.2 Å². The van der Waals surface area contributed by atoms with Crippen molar-refractivity contribution in [1.82, 2.24) is 9.55 Å². The van der Waals surface area contributed by atoms with Gasteiger partial charge in [0.05, 0.1) is 6.61 Å². The number of hydrogen-bond acceptors (Lipinski definition) is 6. The molecule has 17 heavy (non-hydrogen) atoms. The van der Waals surface area contributed by atoms with E-state index in [-0.39, 0.29) is 30.5 Å². The van der Waals surface area contributed by atoms with E-state index in [0.29, 0.717) is 0 Å². The molecule has 0 aliphatic carbocycles. The lowest BCUT2D eigenvalue weighted by atomic mass is 10.1. The Bertz CT molecular complexity index is 480. The predicted molar refractivity (Wildman–Crippen MR) is 49.5 cm³/mol. The first-order valence-corrected chi connectivity index (χ1v) is 4.95. The maximum absolute atomic E-state index is 9.80. The van der Waals surface area contributed by atoms with Crippen molar-refractivity contribution in [1.29, 1.82) is 5.41 Å². The Morgan fingerprint density at radius 1 is 1.53 bits per heavy atom. The van der Waals surface area contributed by atoms with E-state index in [0.717, 1.165) is 0 Å². The predicted octanol–water partition coefficient (Wildman–Crippen LogP) is -4.62. The molecule has 0 radical (unpaired) electrons. The summed E-state index contributed by atoms with van der Waals surface area (Å²) >= 11 is 0. The fraction of sp³-hybridized carbons (Fsp3) is 0.556. The number of hydrogen-bond donors (Lipinski definition) is 3. The molecule has 3 rings (SSSR count). The van der Waals surface area contributed by atoms with Crippen LogP contribution >= 0.6 is 0 Å². The zero-order valence-corrected chi connectivity index (χ0v) is 9.41. The Kier molecular flexibility index (Phi) is 3.09. The number of nitrogens with zero attached hydrogens (tertiary/aromatic N) is 2. The SMILES string of the molecule is N=c1ccn2c(n1)O[C@H]1[C@H](O)[C@@H](CO)O[C@H]12.[Cl-]. The quantitative estimate of drug-likeness (QED) is 0.472. The Balaban J connectivity index is 0.00000108. The minimum Gasteiger partial charge on any atom is -1.00 e. The first-order chi connectivity index (χ1) is 7.70. The molecular formula is C9H11ClN3O4-. The number of aliphatic hydroxyl groups is 2. The second-order valence-electron chi connectivity index (χ2n) is 3.82. The second kappa shape index (κ2) is 4.26. The molecule has 0 amide bonds. The standard InChI is InChI=1S/C9H11N3O4.ClH/c10-5-1-2-12-8-7(16-9(12)11-5)6(14)4(3-13)15-8;/h1-2,4,6-8,10,13-14H,3H2;1H/p-1/t4-,6-,7+,8-;/m1./s1. The molecular weight excluding hydrogens is 250 g/mol. The molecule has 0 aromatic carbocycles. The fourth-order valence-electron chi connectivity index (χ4n) is 2.04. The number of ether oxygens (including phenoxy) is 2. The normalized spacial score (nSPS) is 33.5. The minimum absolute atomic E-state index is 0. The Morgan fingerprint density at radius 2 is 2.29 bits per heavy atom. The van der Waals surface area contributed by atoms with Gasteiger partial charge in [-0.05, 0) is 6.07 Å². The van der Waals surface area contributed by atoms with Crippen molar-refractivity contribution in [3.05, 3.63) is 17.8 Å². The van der Waals surface area contributed by atoms with Gasteiger partial charge in [-0.2, -0.15) is 4.98 Å². The Morgan fingerprint density at radius 3 is 3.00 bits per heavy atom. The summed E-state index contributed by atoms with van der Waals surface area (Å²) < 4.78 is 12.5. The molecule has 0 saturated carbocycles. The van der Waals surface area contributed by atoms with Gasteiger partial charge in [-0.15, -0.1) is 0 Å². The molecule has 2 aliphatic rings. The molecule has 1 aromatic heterocycles. The third-order valence-corrected chi connectivity index (χ3v) is 2.84. The Labute approximate surface area is 103 Å². The average molecular weight is 261 g/mol. The highest BCUT2D eigenvalue weighted by Gasteiger charge is 2.50. The molecule has 0 spiro atoms. The van der Waals surface area contributed by atoms with E-state index in [1.54, 1.807) is 10.8 Å². The van der Waals surface area contributed by atoms with Gasteiger partial charge in [-0.1, -0.05) is 0 Å². The van der Waals surface area contributed by atoms with Crippen LogP contribution < -0.4 is 22.6 Å². The number of fused-ring (bicyclic) bond motifs is 3. The van der Waals surface area contributed by atoms with Gasteiger partial charge in [0, 0.05) is 6.20 Å². The van der Waals surface area contributed by atoms with Gasteiger partial charge in [0.15, 0.2) is 17.8 Å². The lowest BCUT2D eigenvalue weighted by Crippen LogP contribution is -3.00. The van der Waals surface area contributed by atoms with Crippen LogP contribution in [0.3, 0.4) is 0 Å². The van der Waals surface area contributed by atoms with Crippen LogP contribution in [0.5, 0.6) is 6.01 Å². The zero-order valence-electron chi connectivity index (χ0n) is 8.65. The first kappa shape index (κ1) is 12.3. The fourth-order valence-corrected chi connectivity index (χ4v) is 2.04. The molecule has 0 bridgehead atoms. The summed E-state index contributed by atoms with van der Waals surface area (Å²) in [5.41, 5.74) is 0.0967. The van der Waals surface area contributed by atoms with E-state index in [1.165, 1.54) is 6.07 Å². The largest absolute Gasteiger partial charge is 1.00 e. The molecule has 2 aliphatic heterocycles. The number of nitrogens with one attached hydrogen (secondary N) is 1. The van der Waals surface area contributed by atoms with Gasteiger partial charge < -0.3 is 32.1 Å². The molecule has 1 saturated heterocycles. The molecule has 1 aromatic rings. The maximum Gasteiger partial charge on any atom is 0.301 e. The number of aromatic nitrogens is 2. The molecule has 94 valence electrons. The van der Waals surface area contributed by atoms with Crippen molar-refractivity contribution in [2.45, 2.75) is 24.5 Å². The summed E-state index contributed by atoms with van der Waals surface area (Å²) in [4.78, 5) is 3.88. The van der Waals surface area contributed by atoms with Crippen LogP contribution in [-0.2, 0) is 4.74 Å². The van der Waals surface area contributed by atoms with E-state index in [1.807, 2.05) is 0 Å². The molecule has 7 nitrogen and oxygen atoms in total. The summed E-state index contributed by atoms with van der Waals surface area (Å²) in [6, 6.07) is 1.77. The van der Waals surface area contributed by atoms with E-state index in [9.17, 15) is 5.11 Å². The molecule has 3 N–H and O–H groups in total. The lowest BCUT2D eigenvalue weighted by Gasteiger charge is -2.14. The third-order valence-electron chi connectivity index (χ3n) is 2.84. The van der Waals surface area contributed by atoms with Gasteiger partial charge in [-0.25, -0.2) is 0 Å². The molecule has 0 unspecified atom stereocenters. The van der Waals surface area contributed by atoms with Crippen LogP contribution in [0.25, 0.3) is 0 Å². The summed E-state index contributed by atoms with van der Waals surface area (Å²) in [7, 11) is 0. The molecule has 3 heterocycles. The minimum atomic E-state index is -0.883. The van der Waals surface area contributed by atoms with Crippen LogP contribution in [-0.4, -0.2) is 44.7 Å². The van der Waals surface area contributed by atoms with Crippen molar-refractivity contribution in [3.63, 3.8) is 0 Å². The van der Waals surface area contributed by atoms with Crippen LogP contribution in [0.2, 0.25) is 0 Å². The monoisotopic (exact) mass is 260 g/mol. The van der Waals surface area contributed by atoms with Crippen molar-refractivity contribution in [2.24, 2.45) is 0 Å². The van der Waals surface area contributed by atoms with Gasteiger partial charge in [0.25, 0.3) is 0 Å². The molecule has 8 heteroatoms. The first-order valence-electron chi connectivity index (χ1n) is 4.95. The van der Waals surface area contributed by atoms with Crippen LogP contribution in [0.4, 0.5) is 0 Å². The average Bonchev–Trinajstić information content (AvgIpc) is 2.75. The number of aliphatic hydroxyl groups excluding tert-OH is 2. The van der Waals surface area contributed by atoms with E-state index >= 15 is 0 Å². The zero-order chi connectivity index (χ0) is 11.3. The third kappa shape index (κ3) is 1.71. The number of rotatable bonds is 1. The van der Waals surface area contributed by atoms with Crippen LogP contribution in [0.15, 0.2) is 12.3 Å². The summed E-state index contributed by atoms with van der Waals surface area (Å²) in [5, 5.41) is 26.1. The smallest absolute Gasteiger partial charge is 0.301 e. The van der Waals surface area contributed by atoms with Gasteiger partial charge in [0.2, 0.25) is 0 Å². The van der Waals surface area contributed by atoms with Gasteiger partial charge >= 0.3 is 6.01 Å². The Hall–Kier alpha value is -1.15. The van der Waals surface area contributed by atoms with E-state index in [4.69, 9.17) is 20.0 Å².